The van der Waals surface area contributed by atoms with Gasteiger partial charge in [-0.1, -0.05) is 23.3 Å². The summed E-state index contributed by atoms with van der Waals surface area (Å²) in [6.45, 7) is 0. The summed E-state index contributed by atoms with van der Waals surface area (Å²) in [5.41, 5.74) is 3.06. The van der Waals surface area contributed by atoms with E-state index in [1.54, 1.807) is 18.2 Å². The van der Waals surface area contributed by atoms with Gasteiger partial charge in [0.1, 0.15) is 5.82 Å². The van der Waals surface area contributed by atoms with Gasteiger partial charge in [-0.25, -0.2) is 9.29 Å². The molecule has 2 amide bonds. The Balaban J connectivity index is 1.63. The topological polar surface area (TPSA) is 37.4 Å². The molecule has 1 heterocycles. The maximum absolute atomic E-state index is 14.2. The number of anilines is 1. The molecule has 2 saturated carbocycles. The highest BCUT2D eigenvalue weighted by Gasteiger charge is 2.59. The summed E-state index contributed by atoms with van der Waals surface area (Å²) in [5.74, 6) is -0.942. The fourth-order valence-electron chi connectivity index (χ4n) is 5.76. The minimum atomic E-state index is -0.496. The van der Waals surface area contributed by atoms with Crippen LogP contribution < -0.4 is 4.90 Å². The molecule has 0 bridgehead atoms. The Morgan fingerprint density at radius 3 is 1.96 bits per heavy atom. The molecule has 3 fully saturated rings. The van der Waals surface area contributed by atoms with E-state index in [0.717, 1.165) is 43.4 Å². The Labute approximate surface area is 140 Å². The molecular weight excluding hydrogens is 305 g/mol. The lowest BCUT2D eigenvalue weighted by molar-refractivity contribution is -0.122. The highest BCUT2D eigenvalue weighted by Crippen LogP contribution is 2.57. The molecule has 1 saturated heterocycles. The molecule has 1 aliphatic heterocycles. The number of para-hydroxylation sites is 1. The third-order valence-electron chi connectivity index (χ3n) is 6.59. The van der Waals surface area contributed by atoms with Crippen molar-refractivity contribution in [2.75, 3.05) is 4.90 Å². The van der Waals surface area contributed by atoms with Crippen molar-refractivity contribution in [3.8, 4) is 0 Å². The van der Waals surface area contributed by atoms with Crippen LogP contribution in [-0.2, 0) is 9.59 Å². The van der Waals surface area contributed by atoms with Gasteiger partial charge in [-0.3, -0.25) is 9.59 Å². The van der Waals surface area contributed by atoms with E-state index in [1.165, 1.54) is 17.2 Å². The Morgan fingerprint density at radius 1 is 0.875 bits per heavy atom. The molecule has 5 rings (SSSR count). The molecule has 3 nitrogen and oxygen atoms in total. The average molecular weight is 325 g/mol. The summed E-state index contributed by atoms with van der Waals surface area (Å²) in [6, 6.07) is 6.13. The van der Waals surface area contributed by atoms with Gasteiger partial charge in [0.15, 0.2) is 0 Å². The van der Waals surface area contributed by atoms with Crippen molar-refractivity contribution in [2.24, 2.45) is 23.7 Å². The zero-order valence-corrected chi connectivity index (χ0v) is 13.5. The molecule has 4 atom stereocenters. The lowest BCUT2D eigenvalue weighted by Gasteiger charge is -2.34. The number of halogens is 1. The molecule has 4 aliphatic rings. The van der Waals surface area contributed by atoms with Gasteiger partial charge in [0, 0.05) is 0 Å². The number of hydrogen-bond donors (Lipinski definition) is 0. The van der Waals surface area contributed by atoms with E-state index in [9.17, 15) is 14.0 Å². The summed E-state index contributed by atoms with van der Waals surface area (Å²) in [7, 11) is 0. The average Bonchev–Trinajstić information content (AvgIpc) is 3.26. The largest absolute Gasteiger partial charge is 0.274 e. The number of benzene rings is 1. The van der Waals surface area contributed by atoms with Crippen molar-refractivity contribution in [2.45, 2.75) is 38.5 Å². The van der Waals surface area contributed by atoms with Gasteiger partial charge in [-0.05, 0) is 62.5 Å². The van der Waals surface area contributed by atoms with E-state index in [2.05, 4.69) is 0 Å². The summed E-state index contributed by atoms with van der Waals surface area (Å²) in [6.07, 6.45) is 6.39. The first-order valence-electron chi connectivity index (χ1n) is 9.02. The van der Waals surface area contributed by atoms with Gasteiger partial charge in [0.25, 0.3) is 0 Å². The van der Waals surface area contributed by atoms with E-state index >= 15 is 0 Å². The second kappa shape index (κ2) is 5.01. The molecule has 0 N–H and O–H groups in total. The van der Waals surface area contributed by atoms with Gasteiger partial charge < -0.3 is 0 Å². The van der Waals surface area contributed by atoms with E-state index in [-0.39, 0.29) is 41.2 Å². The van der Waals surface area contributed by atoms with Crippen LogP contribution in [0.4, 0.5) is 10.1 Å². The van der Waals surface area contributed by atoms with E-state index in [0.29, 0.717) is 0 Å². The molecular formula is C20H20FNO2. The Hall–Kier alpha value is -1.97. The second-order valence-electron chi connectivity index (χ2n) is 7.56. The summed E-state index contributed by atoms with van der Waals surface area (Å²) < 4.78 is 14.2. The monoisotopic (exact) mass is 325 g/mol. The van der Waals surface area contributed by atoms with Crippen molar-refractivity contribution >= 4 is 17.5 Å². The summed E-state index contributed by atoms with van der Waals surface area (Å²) in [4.78, 5) is 27.5. The van der Waals surface area contributed by atoms with Crippen LogP contribution in [0.3, 0.4) is 0 Å². The number of allylic oxidation sites excluding steroid dienone is 2. The molecule has 0 spiro atoms. The molecule has 124 valence electrons. The minimum absolute atomic E-state index is 0.126. The molecule has 0 unspecified atom stereocenters. The van der Waals surface area contributed by atoms with E-state index in [1.807, 2.05) is 0 Å². The van der Waals surface area contributed by atoms with Gasteiger partial charge in [-0.15, -0.1) is 0 Å². The maximum atomic E-state index is 14.2. The van der Waals surface area contributed by atoms with Crippen molar-refractivity contribution < 1.29 is 14.0 Å². The van der Waals surface area contributed by atoms with Crippen LogP contribution in [0.5, 0.6) is 0 Å². The van der Waals surface area contributed by atoms with Gasteiger partial charge in [0.05, 0.1) is 17.5 Å². The van der Waals surface area contributed by atoms with Crippen LogP contribution >= 0.6 is 0 Å². The van der Waals surface area contributed by atoms with Crippen molar-refractivity contribution in [1.82, 2.24) is 0 Å². The highest BCUT2D eigenvalue weighted by molar-refractivity contribution is 6.22. The van der Waals surface area contributed by atoms with Crippen LogP contribution in [-0.4, -0.2) is 11.8 Å². The standard InChI is InChI=1S/C20H20FNO2/c21-15-9-1-2-10-16(15)22-19(23)17-13-7-3-5-11(13)12-6-4-8-14(12)18(17)20(22)24/h1-2,9-10,13-14,17-18H,3-8H2/t13-,14+,17+,18-. The first-order chi connectivity index (χ1) is 11.7. The smallest absolute Gasteiger partial charge is 0.238 e. The SMILES string of the molecule is O=C1[C@@H]2[C@H](C(=O)N1c1ccccc1F)[C@H]1CCCC1=C1CCC[C@H]12. The zero-order chi connectivity index (χ0) is 16.4. The molecule has 3 aliphatic carbocycles. The molecule has 24 heavy (non-hydrogen) atoms. The zero-order valence-electron chi connectivity index (χ0n) is 13.5. The number of carbonyl (C=O) groups excluding carboxylic acids is 2. The summed E-state index contributed by atoms with van der Waals surface area (Å²) in [5, 5.41) is 0. The number of nitrogens with zero attached hydrogens (tertiary/aromatic N) is 1. The maximum Gasteiger partial charge on any atom is 0.238 e. The number of rotatable bonds is 1. The van der Waals surface area contributed by atoms with Crippen LogP contribution in [0.15, 0.2) is 35.4 Å². The predicted octanol–water partition coefficient (Wildman–Crippen LogP) is 3.84. The molecule has 0 aromatic heterocycles. The number of amides is 2. The van der Waals surface area contributed by atoms with Crippen LogP contribution in [0.25, 0.3) is 0 Å². The third-order valence-corrected chi connectivity index (χ3v) is 6.59. The summed E-state index contributed by atoms with van der Waals surface area (Å²) >= 11 is 0. The van der Waals surface area contributed by atoms with Gasteiger partial charge >= 0.3 is 0 Å². The molecule has 0 radical (unpaired) electrons. The van der Waals surface area contributed by atoms with Gasteiger partial charge in [-0.2, -0.15) is 0 Å². The quantitative estimate of drug-likeness (QED) is 0.581. The molecule has 1 aromatic rings. The molecule has 1 aromatic carbocycles. The van der Waals surface area contributed by atoms with Crippen LogP contribution in [0, 0.1) is 29.5 Å². The first kappa shape index (κ1) is 14.4. The minimum Gasteiger partial charge on any atom is -0.274 e. The lowest BCUT2D eigenvalue weighted by atomic mass is 9.66. The fraction of sp³-hybridized carbons (Fsp3) is 0.500. The highest BCUT2D eigenvalue weighted by atomic mass is 19.1. The number of imide groups is 1. The number of hydrogen-bond acceptors (Lipinski definition) is 2. The van der Waals surface area contributed by atoms with E-state index < -0.39 is 5.82 Å². The van der Waals surface area contributed by atoms with Crippen LogP contribution in [0.1, 0.15) is 38.5 Å². The van der Waals surface area contributed by atoms with Gasteiger partial charge in [0.2, 0.25) is 11.8 Å². The van der Waals surface area contributed by atoms with Crippen molar-refractivity contribution in [1.29, 1.82) is 0 Å². The molecule has 4 heteroatoms. The van der Waals surface area contributed by atoms with Crippen LogP contribution in [0.2, 0.25) is 0 Å². The van der Waals surface area contributed by atoms with Crippen molar-refractivity contribution in [3.63, 3.8) is 0 Å². The number of carbonyl (C=O) groups is 2. The fourth-order valence-corrected chi connectivity index (χ4v) is 5.76. The Kier molecular flexibility index (Phi) is 3.00. The second-order valence-corrected chi connectivity index (χ2v) is 7.56. The van der Waals surface area contributed by atoms with Crippen molar-refractivity contribution in [3.05, 3.63) is 41.2 Å². The third kappa shape index (κ3) is 1.72. The lowest BCUT2D eigenvalue weighted by Crippen LogP contribution is -2.35. The van der Waals surface area contributed by atoms with E-state index in [4.69, 9.17) is 0 Å². The number of fused-ring (bicyclic) bond motifs is 5. The Bertz CT molecular complexity index is 742. The first-order valence-corrected chi connectivity index (χ1v) is 9.02. The normalized spacial score (nSPS) is 34.6. The predicted molar refractivity (Wildman–Crippen MR) is 87.6 cm³/mol. The Morgan fingerprint density at radius 2 is 1.42 bits per heavy atom.